The van der Waals surface area contributed by atoms with E-state index in [1.165, 1.54) is 16.9 Å². The van der Waals surface area contributed by atoms with Gasteiger partial charge in [0.25, 0.3) is 0 Å². The molecule has 0 unspecified atom stereocenters. The summed E-state index contributed by atoms with van der Waals surface area (Å²) in [5.74, 6) is -0.363. The van der Waals surface area contributed by atoms with Crippen LogP contribution in [-0.4, -0.2) is 34.8 Å². The van der Waals surface area contributed by atoms with Crippen molar-refractivity contribution in [2.45, 2.75) is 47.1 Å². The van der Waals surface area contributed by atoms with Crippen LogP contribution in [0.2, 0.25) is 0 Å². The van der Waals surface area contributed by atoms with Crippen molar-refractivity contribution in [3.8, 4) is 0 Å². The van der Waals surface area contributed by atoms with E-state index in [4.69, 9.17) is 10.7 Å². The minimum atomic E-state index is -0.225. The first kappa shape index (κ1) is 20.5. The number of anilines is 2. The molecule has 0 aliphatic carbocycles. The smallest absolute Gasteiger partial charge is 0.230 e. The number of nitrogens with two attached hydrogens (primary N) is 1. The van der Waals surface area contributed by atoms with Gasteiger partial charge in [0.2, 0.25) is 11.8 Å². The number of nitrogens with zero attached hydrogens (tertiary/aromatic N) is 3. The number of carbonyl (C=O) groups is 2. The van der Waals surface area contributed by atoms with Crippen LogP contribution < -0.4 is 10.6 Å². The van der Waals surface area contributed by atoms with E-state index in [0.717, 1.165) is 41.9 Å². The van der Waals surface area contributed by atoms with Crippen molar-refractivity contribution in [2.75, 3.05) is 18.0 Å². The molecule has 150 valence electrons. The Morgan fingerprint density at radius 3 is 2.57 bits per heavy atom. The monoisotopic (exact) mass is 400 g/mol. The summed E-state index contributed by atoms with van der Waals surface area (Å²) in [7, 11) is 0. The highest BCUT2D eigenvalue weighted by atomic mass is 32.1. The van der Waals surface area contributed by atoms with Crippen molar-refractivity contribution in [1.82, 2.24) is 9.88 Å². The molecule has 7 heteroatoms. The van der Waals surface area contributed by atoms with Gasteiger partial charge >= 0.3 is 0 Å². The lowest BCUT2D eigenvalue weighted by Crippen LogP contribution is -2.40. The van der Waals surface area contributed by atoms with Crippen molar-refractivity contribution in [2.24, 2.45) is 11.7 Å². The second-order valence-electron chi connectivity index (χ2n) is 7.70. The van der Waals surface area contributed by atoms with E-state index in [1.807, 2.05) is 19.2 Å². The molecule has 1 fully saturated rings. The van der Waals surface area contributed by atoms with Crippen LogP contribution in [0.25, 0.3) is 0 Å². The van der Waals surface area contributed by atoms with E-state index in [1.54, 1.807) is 11.8 Å². The Balaban J connectivity index is 1.83. The number of aromatic nitrogens is 1. The summed E-state index contributed by atoms with van der Waals surface area (Å²) in [5, 5.41) is 2.68. The first-order chi connectivity index (χ1) is 13.3. The normalized spacial score (nSPS) is 17.5. The zero-order chi connectivity index (χ0) is 20.4. The fraction of sp³-hybridized carbons (Fsp3) is 0.476. The maximum Gasteiger partial charge on any atom is 0.230 e. The van der Waals surface area contributed by atoms with Crippen LogP contribution in [-0.2, 0) is 16.1 Å². The first-order valence-electron chi connectivity index (χ1n) is 9.61. The van der Waals surface area contributed by atoms with Crippen LogP contribution in [0.15, 0.2) is 17.5 Å². The first-order valence-corrected chi connectivity index (χ1v) is 10.5. The van der Waals surface area contributed by atoms with Gasteiger partial charge in [-0.2, -0.15) is 0 Å². The lowest BCUT2D eigenvalue weighted by Gasteiger charge is -2.30. The Kier molecular flexibility index (Phi) is 6.15. The molecule has 0 radical (unpaired) electrons. The molecule has 1 aromatic carbocycles. The van der Waals surface area contributed by atoms with Crippen LogP contribution in [0.1, 0.15) is 42.1 Å². The molecular weight excluding hydrogens is 372 g/mol. The molecule has 28 heavy (non-hydrogen) atoms. The molecule has 2 heterocycles. The molecule has 3 rings (SSSR count). The van der Waals surface area contributed by atoms with Gasteiger partial charge in [-0.05, 0) is 51.3 Å². The molecule has 0 saturated carbocycles. The summed E-state index contributed by atoms with van der Waals surface area (Å²) < 4.78 is 0. The highest BCUT2D eigenvalue weighted by Gasteiger charge is 2.26. The predicted octanol–water partition coefficient (Wildman–Crippen LogP) is 3.45. The topological polar surface area (TPSA) is 79.5 Å². The van der Waals surface area contributed by atoms with Crippen LogP contribution in [0, 0.1) is 26.7 Å². The zero-order valence-corrected chi connectivity index (χ0v) is 17.8. The van der Waals surface area contributed by atoms with E-state index in [9.17, 15) is 9.59 Å². The number of rotatable bonds is 5. The number of likely N-dealkylation sites (tertiary alicyclic amines) is 1. The average Bonchev–Trinajstić information content (AvgIpc) is 3.05. The third-order valence-corrected chi connectivity index (χ3v) is 6.07. The van der Waals surface area contributed by atoms with Crippen LogP contribution in [0.4, 0.5) is 10.8 Å². The lowest BCUT2D eigenvalue weighted by molar-refractivity contribution is -0.123. The summed E-state index contributed by atoms with van der Waals surface area (Å²) in [5.41, 5.74) is 10.6. The van der Waals surface area contributed by atoms with Crippen molar-refractivity contribution in [3.05, 3.63) is 39.9 Å². The largest absolute Gasteiger partial charge is 0.369 e. The molecule has 2 aromatic rings. The van der Waals surface area contributed by atoms with E-state index in [0.29, 0.717) is 18.2 Å². The quantitative estimate of drug-likeness (QED) is 0.834. The molecule has 1 aromatic heterocycles. The molecule has 0 spiro atoms. The number of carbonyl (C=O) groups excluding carboxylic acids is 2. The Hall–Kier alpha value is -2.25. The fourth-order valence-electron chi connectivity index (χ4n) is 4.04. The molecule has 2 N–H and O–H groups in total. The summed E-state index contributed by atoms with van der Waals surface area (Å²) in [4.78, 5) is 32.7. The van der Waals surface area contributed by atoms with Gasteiger partial charge in [0.05, 0.1) is 17.3 Å². The number of primary amides is 1. The Bertz CT molecular complexity index is 869. The van der Waals surface area contributed by atoms with Gasteiger partial charge in [-0.25, -0.2) is 4.98 Å². The third-order valence-electron chi connectivity index (χ3n) is 5.20. The number of hydrogen-bond acceptors (Lipinski definition) is 5. The lowest BCUT2D eigenvalue weighted by atomic mass is 9.97. The van der Waals surface area contributed by atoms with Crippen LogP contribution in [0.3, 0.4) is 0 Å². The number of benzene rings is 1. The van der Waals surface area contributed by atoms with E-state index in [-0.39, 0.29) is 17.7 Å². The van der Waals surface area contributed by atoms with Crippen molar-refractivity contribution in [1.29, 1.82) is 0 Å². The average molecular weight is 401 g/mol. The number of hydrogen-bond donors (Lipinski definition) is 1. The zero-order valence-electron chi connectivity index (χ0n) is 17.0. The highest BCUT2D eigenvalue weighted by Crippen LogP contribution is 2.34. The second-order valence-corrected chi connectivity index (χ2v) is 8.54. The maximum absolute atomic E-state index is 12.5. The molecule has 1 atom stereocenters. The highest BCUT2D eigenvalue weighted by molar-refractivity contribution is 7.14. The number of thiazole rings is 1. The van der Waals surface area contributed by atoms with Gasteiger partial charge in [0.1, 0.15) is 0 Å². The minimum Gasteiger partial charge on any atom is -0.369 e. The van der Waals surface area contributed by atoms with Gasteiger partial charge in [-0.15, -0.1) is 11.3 Å². The number of amides is 2. The molecule has 1 aliphatic rings. The molecule has 2 amide bonds. The SMILES string of the molecule is CC(=O)N(c1nc(CN2CCC[C@@H](C(N)=O)C2)cs1)c1c(C)cc(C)cc1C. The molecule has 0 bridgehead atoms. The van der Waals surface area contributed by atoms with Gasteiger partial charge < -0.3 is 5.73 Å². The van der Waals surface area contributed by atoms with E-state index in [2.05, 4.69) is 24.0 Å². The maximum atomic E-state index is 12.5. The fourth-order valence-corrected chi connectivity index (χ4v) is 4.91. The van der Waals surface area contributed by atoms with Crippen molar-refractivity contribution in [3.63, 3.8) is 0 Å². The summed E-state index contributed by atoms with van der Waals surface area (Å²) >= 11 is 1.47. The predicted molar refractivity (Wildman–Crippen MR) is 113 cm³/mol. The van der Waals surface area contributed by atoms with E-state index >= 15 is 0 Å². The van der Waals surface area contributed by atoms with Crippen molar-refractivity contribution < 1.29 is 9.59 Å². The van der Waals surface area contributed by atoms with Gasteiger partial charge in [0, 0.05) is 25.4 Å². The number of piperidine rings is 1. The van der Waals surface area contributed by atoms with Gasteiger partial charge in [-0.1, -0.05) is 17.7 Å². The molecule has 1 aliphatic heterocycles. The third kappa shape index (κ3) is 4.42. The summed E-state index contributed by atoms with van der Waals surface area (Å²) in [6, 6.07) is 4.18. The summed E-state index contributed by atoms with van der Waals surface area (Å²) in [6.07, 6.45) is 1.82. The minimum absolute atomic E-state index is 0.0530. The molecular formula is C21H28N4O2S. The van der Waals surface area contributed by atoms with Crippen LogP contribution in [0.5, 0.6) is 0 Å². The second kappa shape index (κ2) is 8.41. The van der Waals surface area contributed by atoms with Gasteiger partial charge in [0.15, 0.2) is 5.13 Å². The molecule has 1 saturated heterocycles. The Labute approximate surface area is 170 Å². The Morgan fingerprint density at radius 2 is 1.96 bits per heavy atom. The Morgan fingerprint density at radius 1 is 1.29 bits per heavy atom. The standard InChI is InChI=1S/C21H28N4O2S/c1-13-8-14(2)19(15(3)9-13)25(16(4)26)21-23-18(12-28-21)11-24-7-5-6-17(10-24)20(22)27/h8-9,12,17H,5-7,10-11H2,1-4H3,(H2,22,27)/t17-/m1/s1. The van der Waals surface area contributed by atoms with Crippen molar-refractivity contribution >= 4 is 34.0 Å². The van der Waals surface area contributed by atoms with Crippen LogP contribution >= 0.6 is 11.3 Å². The molecule has 6 nitrogen and oxygen atoms in total. The van der Waals surface area contributed by atoms with E-state index < -0.39 is 0 Å². The van der Waals surface area contributed by atoms with Gasteiger partial charge in [-0.3, -0.25) is 19.4 Å². The summed E-state index contributed by atoms with van der Waals surface area (Å²) in [6.45, 7) is 9.95. The number of aryl methyl sites for hydroxylation is 3.